The molecule has 0 aromatic heterocycles. The SMILES string of the molecule is CC(C)N(Cc1ccccc1)C(=O)NCCC(O)C(=O)O. The molecule has 0 spiro atoms. The minimum absolute atomic E-state index is 0.00889. The fourth-order valence-electron chi connectivity index (χ4n) is 1.81. The van der Waals surface area contributed by atoms with Crippen LogP contribution in [0.15, 0.2) is 30.3 Å². The standard InChI is InChI=1S/C15H22N2O4/c1-11(2)17(10-12-6-4-3-5-7-12)15(21)16-9-8-13(18)14(19)20/h3-7,11,13,18H,8-10H2,1-2H3,(H,16,21)(H,19,20). The Kier molecular flexibility index (Phi) is 6.68. The fraction of sp³-hybridized carbons (Fsp3) is 0.467. The molecule has 6 nitrogen and oxygen atoms in total. The molecule has 1 rings (SSSR count). The molecule has 0 aliphatic carbocycles. The van der Waals surface area contributed by atoms with Gasteiger partial charge in [-0.25, -0.2) is 9.59 Å². The Hall–Kier alpha value is -2.08. The number of carboxylic acids is 1. The normalized spacial score (nSPS) is 12.0. The van der Waals surface area contributed by atoms with Crippen molar-refractivity contribution < 1.29 is 19.8 Å². The molecule has 0 heterocycles. The Labute approximate surface area is 124 Å². The topological polar surface area (TPSA) is 89.9 Å². The smallest absolute Gasteiger partial charge is 0.332 e. The minimum Gasteiger partial charge on any atom is -0.479 e. The maximum Gasteiger partial charge on any atom is 0.332 e. The molecule has 3 N–H and O–H groups in total. The maximum absolute atomic E-state index is 12.1. The van der Waals surface area contributed by atoms with E-state index >= 15 is 0 Å². The number of benzene rings is 1. The number of carbonyl (C=O) groups is 2. The van der Waals surface area contributed by atoms with Crippen LogP contribution in [0.2, 0.25) is 0 Å². The van der Waals surface area contributed by atoms with Crippen LogP contribution in [-0.2, 0) is 11.3 Å². The van der Waals surface area contributed by atoms with E-state index in [9.17, 15) is 9.59 Å². The number of aliphatic hydroxyl groups excluding tert-OH is 1. The molecule has 6 heteroatoms. The predicted molar refractivity (Wildman–Crippen MR) is 78.8 cm³/mol. The lowest BCUT2D eigenvalue weighted by Crippen LogP contribution is -2.44. The van der Waals surface area contributed by atoms with Gasteiger partial charge >= 0.3 is 12.0 Å². The highest BCUT2D eigenvalue weighted by Gasteiger charge is 2.18. The lowest BCUT2D eigenvalue weighted by atomic mass is 10.2. The summed E-state index contributed by atoms with van der Waals surface area (Å²) in [7, 11) is 0. The summed E-state index contributed by atoms with van der Waals surface area (Å²) in [4.78, 5) is 24.3. The minimum atomic E-state index is -1.45. The first-order valence-electron chi connectivity index (χ1n) is 6.91. The van der Waals surface area contributed by atoms with Crippen LogP contribution < -0.4 is 5.32 Å². The summed E-state index contributed by atoms with van der Waals surface area (Å²) in [5.74, 6) is -1.28. The average Bonchev–Trinajstić information content (AvgIpc) is 2.45. The van der Waals surface area contributed by atoms with Gasteiger partial charge in [0, 0.05) is 25.6 Å². The van der Waals surface area contributed by atoms with Crippen LogP contribution in [0.5, 0.6) is 0 Å². The first-order valence-corrected chi connectivity index (χ1v) is 6.91. The second-order valence-electron chi connectivity index (χ2n) is 5.08. The van der Waals surface area contributed by atoms with E-state index in [4.69, 9.17) is 10.2 Å². The fourth-order valence-corrected chi connectivity index (χ4v) is 1.81. The van der Waals surface area contributed by atoms with Crippen molar-refractivity contribution in [3.05, 3.63) is 35.9 Å². The molecule has 1 aromatic carbocycles. The second-order valence-corrected chi connectivity index (χ2v) is 5.08. The van der Waals surface area contributed by atoms with E-state index in [1.807, 2.05) is 44.2 Å². The van der Waals surface area contributed by atoms with Crippen LogP contribution in [0.1, 0.15) is 25.8 Å². The van der Waals surface area contributed by atoms with Crippen molar-refractivity contribution >= 4 is 12.0 Å². The molecule has 0 saturated heterocycles. The average molecular weight is 294 g/mol. The third-order valence-corrected chi connectivity index (χ3v) is 3.06. The Morgan fingerprint density at radius 1 is 1.24 bits per heavy atom. The molecule has 0 aliphatic rings. The number of hydrogen-bond donors (Lipinski definition) is 3. The van der Waals surface area contributed by atoms with E-state index in [0.29, 0.717) is 6.54 Å². The maximum atomic E-state index is 12.1. The first kappa shape index (κ1) is 17.0. The zero-order valence-electron chi connectivity index (χ0n) is 12.3. The molecule has 2 amide bonds. The van der Waals surface area contributed by atoms with E-state index < -0.39 is 12.1 Å². The van der Waals surface area contributed by atoms with Crippen LogP contribution in [0.25, 0.3) is 0 Å². The number of carbonyl (C=O) groups excluding carboxylic acids is 1. The van der Waals surface area contributed by atoms with Crippen molar-refractivity contribution in [2.24, 2.45) is 0 Å². The highest BCUT2D eigenvalue weighted by molar-refractivity contribution is 5.75. The molecule has 21 heavy (non-hydrogen) atoms. The molecule has 1 unspecified atom stereocenters. The lowest BCUT2D eigenvalue weighted by molar-refractivity contribution is -0.146. The van der Waals surface area contributed by atoms with Gasteiger partial charge in [0.05, 0.1) is 0 Å². The Morgan fingerprint density at radius 2 is 1.86 bits per heavy atom. The number of rotatable bonds is 7. The molecule has 1 atom stereocenters. The number of amides is 2. The molecule has 0 bridgehead atoms. The molecule has 0 radical (unpaired) electrons. The van der Waals surface area contributed by atoms with Gasteiger partial charge in [0.25, 0.3) is 0 Å². The monoisotopic (exact) mass is 294 g/mol. The zero-order chi connectivity index (χ0) is 15.8. The summed E-state index contributed by atoms with van der Waals surface area (Å²) in [6, 6.07) is 9.36. The molecule has 116 valence electrons. The number of nitrogens with one attached hydrogen (secondary N) is 1. The van der Waals surface area contributed by atoms with Gasteiger partial charge in [0.1, 0.15) is 0 Å². The van der Waals surface area contributed by atoms with Crippen molar-refractivity contribution in [2.75, 3.05) is 6.54 Å². The van der Waals surface area contributed by atoms with E-state index in [0.717, 1.165) is 5.56 Å². The Bertz CT molecular complexity index is 462. The van der Waals surface area contributed by atoms with Gasteiger partial charge in [-0.3, -0.25) is 0 Å². The number of nitrogens with zero attached hydrogens (tertiary/aromatic N) is 1. The zero-order valence-corrected chi connectivity index (χ0v) is 12.3. The van der Waals surface area contributed by atoms with Crippen LogP contribution in [0.3, 0.4) is 0 Å². The van der Waals surface area contributed by atoms with Crippen LogP contribution in [0.4, 0.5) is 4.79 Å². The van der Waals surface area contributed by atoms with Crippen LogP contribution >= 0.6 is 0 Å². The number of aliphatic carboxylic acids is 1. The summed E-state index contributed by atoms with van der Waals surface area (Å²) >= 11 is 0. The van der Waals surface area contributed by atoms with Gasteiger partial charge in [0.15, 0.2) is 6.10 Å². The molecule has 1 aromatic rings. The molecule has 0 fully saturated rings. The molecular weight excluding hydrogens is 272 g/mol. The summed E-state index contributed by atoms with van der Waals surface area (Å²) in [5, 5.41) is 20.4. The highest BCUT2D eigenvalue weighted by Crippen LogP contribution is 2.08. The van der Waals surface area contributed by atoms with E-state index in [1.165, 1.54) is 0 Å². The molecule has 0 aliphatic heterocycles. The summed E-state index contributed by atoms with van der Waals surface area (Å²) in [5.41, 5.74) is 1.02. The number of carboxylic acid groups (broad SMARTS) is 1. The highest BCUT2D eigenvalue weighted by atomic mass is 16.4. The van der Waals surface area contributed by atoms with Crippen LogP contribution in [0, 0.1) is 0 Å². The second kappa shape index (κ2) is 8.26. The predicted octanol–water partition coefficient (Wildman–Crippen LogP) is 1.44. The van der Waals surface area contributed by atoms with Crippen LogP contribution in [-0.4, -0.2) is 45.8 Å². The quantitative estimate of drug-likeness (QED) is 0.710. The summed E-state index contributed by atoms with van der Waals surface area (Å²) < 4.78 is 0. The molecular formula is C15H22N2O4. The Balaban J connectivity index is 2.52. The van der Waals surface area contributed by atoms with Crippen molar-refractivity contribution in [3.63, 3.8) is 0 Å². The summed E-state index contributed by atoms with van der Waals surface area (Å²) in [6.07, 6.45) is -1.47. The largest absolute Gasteiger partial charge is 0.479 e. The van der Waals surface area contributed by atoms with Gasteiger partial charge in [0.2, 0.25) is 0 Å². The van der Waals surface area contributed by atoms with Crippen molar-refractivity contribution in [1.82, 2.24) is 10.2 Å². The third kappa shape index (κ3) is 5.83. The van der Waals surface area contributed by atoms with Gasteiger partial charge < -0.3 is 20.4 Å². The number of hydrogen-bond acceptors (Lipinski definition) is 3. The first-order chi connectivity index (χ1) is 9.91. The van der Waals surface area contributed by atoms with Crippen molar-refractivity contribution in [2.45, 2.75) is 39.0 Å². The van der Waals surface area contributed by atoms with Gasteiger partial charge in [-0.15, -0.1) is 0 Å². The van der Waals surface area contributed by atoms with Gasteiger partial charge in [-0.1, -0.05) is 30.3 Å². The third-order valence-electron chi connectivity index (χ3n) is 3.06. The summed E-state index contributed by atoms with van der Waals surface area (Å²) in [6.45, 7) is 4.42. The lowest BCUT2D eigenvalue weighted by Gasteiger charge is -2.27. The molecule has 0 saturated carbocycles. The van der Waals surface area contributed by atoms with E-state index in [-0.39, 0.29) is 25.0 Å². The van der Waals surface area contributed by atoms with Crippen molar-refractivity contribution in [1.29, 1.82) is 0 Å². The number of urea groups is 1. The van der Waals surface area contributed by atoms with E-state index in [1.54, 1.807) is 4.90 Å². The van der Waals surface area contributed by atoms with Gasteiger partial charge in [-0.2, -0.15) is 0 Å². The van der Waals surface area contributed by atoms with Crippen molar-refractivity contribution in [3.8, 4) is 0 Å². The number of aliphatic hydroxyl groups is 1. The van der Waals surface area contributed by atoms with E-state index in [2.05, 4.69) is 5.32 Å². The van der Waals surface area contributed by atoms with Gasteiger partial charge in [-0.05, 0) is 19.4 Å². The Morgan fingerprint density at radius 3 is 2.38 bits per heavy atom.